The summed E-state index contributed by atoms with van der Waals surface area (Å²) in [5, 5.41) is 28.2. The molecule has 0 bridgehead atoms. The summed E-state index contributed by atoms with van der Waals surface area (Å²) in [4.78, 5) is 24.2. The summed E-state index contributed by atoms with van der Waals surface area (Å²) in [5.74, 6) is -0.991. The fourth-order valence-corrected chi connectivity index (χ4v) is 2.25. The van der Waals surface area contributed by atoms with E-state index in [0.29, 0.717) is 24.5 Å². The van der Waals surface area contributed by atoms with Gasteiger partial charge in [0.15, 0.2) is 5.75 Å². The van der Waals surface area contributed by atoms with E-state index in [1.54, 1.807) is 16.5 Å². The number of aliphatic carboxylic acids is 1. The lowest BCUT2D eigenvalue weighted by Gasteiger charge is -2.24. The number of aliphatic hydroxyl groups excluding tert-OH is 1. The molecule has 7 nitrogen and oxygen atoms in total. The Morgan fingerprint density at radius 2 is 2.05 bits per heavy atom. The zero-order valence-corrected chi connectivity index (χ0v) is 13.2. The van der Waals surface area contributed by atoms with Gasteiger partial charge in [-0.2, -0.15) is 0 Å². The second kappa shape index (κ2) is 7.95. The average molecular weight is 312 g/mol. The molecule has 22 heavy (non-hydrogen) atoms. The van der Waals surface area contributed by atoms with E-state index in [1.165, 1.54) is 6.07 Å². The minimum absolute atomic E-state index is 0.0225. The van der Waals surface area contributed by atoms with E-state index in [9.17, 15) is 19.8 Å². The van der Waals surface area contributed by atoms with Gasteiger partial charge in [-0.25, -0.2) is 0 Å². The van der Waals surface area contributed by atoms with Gasteiger partial charge in [0.05, 0.1) is 18.7 Å². The molecule has 1 aromatic heterocycles. The highest BCUT2D eigenvalue weighted by molar-refractivity contribution is 5.66. The minimum Gasteiger partial charge on any atom is -0.503 e. The Hall–Kier alpha value is -1.86. The molecule has 0 atom stereocenters. The van der Waals surface area contributed by atoms with Crippen molar-refractivity contribution in [2.75, 3.05) is 13.6 Å². The molecule has 0 unspecified atom stereocenters. The molecular formula is C15H24N2O5. The van der Waals surface area contributed by atoms with Crippen LogP contribution in [-0.2, 0) is 24.5 Å². The largest absolute Gasteiger partial charge is 0.503 e. The lowest BCUT2D eigenvalue weighted by atomic mass is 10.1. The van der Waals surface area contributed by atoms with Gasteiger partial charge in [-0.05, 0) is 13.0 Å². The maximum atomic E-state index is 11.8. The van der Waals surface area contributed by atoms with Gasteiger partial charge in [0.2, 0.25) is 5.43 Å². The molecule has 0 amide bonds. The van der Waals surface area contributed by atoms with Crippen molar-refractivity contribution in [3.8, 4) is 5.75 Å². The first kappa shape index (κ1) is 18.2. The molecule has 1 aromatic rings. The monoisotopic (exact) mass is 312 g/mol. The summed E-state index contributed by atoms with van der Waals surface area (Å²) in [6, 6.07) is 1.23. The van der Waals surface area contributed by atoms with Crippen LogP contribution >= 0.6 is 0 Å². The van der Waals surface area contributed by atoms with Crippen molar-refractivity contribution >= 4 is 5.97 Å². The quantitative estimate of drug-likeness (QED) is 0.650. The summed E-state index contributed by atoms with van der Waals surface area (Å²) in [6.07, 6.45) is -0.0225. The van der Waals surface area contributed by atoms with Crippen LogP contribution in [0.4, 0.5) is 0 Å². The van der Waals surface area contributed by atoms with E-state index >= 15 is 0 Å². The van der Waals surface area contributed by atoms with Gasteiger partial charge in [-0.15, -0.1) is 0 Å². The molecule has 0 aliphatic carbocycles. The second-order valence-corrected chi connectivity index (χ2v) is 5.84. The van der Waals surface area contributed by atoms with Crippen molar-refractivity contribution < 1.29 is 20.1 Å². The van der Waals surface area contributed by atoms with Crippen LogP contribution in [0.2, 0.25) is 0 Å². The number of carboxylic acid groups (broad SMARTS) is 1. The van der Waals surface area contributed by atoms with Crippen molar-refractivity contribution in [1.29, 1.82) is 0 Å². The minimum atomic E-state index is -0.903. The first-order valence-electron chi connectivity index (χ1n) is 7.22. The Morgan fingerprint density at radius 3 is 2.55 bits per heavy atom. The highest BCUT2D eigenvalue weighted by atomic mass is 16.4. The van der Waals surface area contributed by atoms with Gasteiger partial charge < -0.3 is 19.9 Å². The maximum Gasteiger partial charge on any atom is 0.304 e. The number of hydrogen-bond donors (Lipinski definition) is 3. The number of hydrogen-bond acceptors (Lipinski definition) is 5. The van der Waals surface area contributed by atoms with Crippen LogP contribution < -0.4 is 5.43 Å². The number of aromatic nitrogens is 1. The van der Waals surface area contributed by atoms with Gasteiger partial charge in [-0.1, -0.05) is 13.8 Å². The van der Waals surface area contributed by atoms with Crippen molar-refractivity contribution in [2.45, 2.75) is 40.0 Å². The van der Waals surface area contributed by atoms with E-state index in [0.717, 1.165) is 0 Å². The van der Waals surface area contributed by atoms with Crippen LogP contribution in [0.5, 0.6) is 5.75 Å². The summed E-state index contributed by atoms with van der Waals surface area (Å²) in [7, 11) is 1.72. The Morgan fingerprint density at radius 1 is 1.41 bits per heavy atom. The standard InChI is InChI=1S/C15H24N2O5/c1-10(2)7-17-11(9-18)6-13(19)15(22)12(17)8-16(3)5-4-14(20)21/h6,10,18,22H,4-5,7-9H2,1-3H3,(H,20,21). The fourth-order valence-electron chi connectivity index (χ4n) is 2.25. The third-order valence-electron chi connectivity index (χ3n) is 3.31. The predicted molar refractivity (Wildman–Crippen MR) is 81.7 cm³/mol. The van der Waals surface area contributed by atoms with Gasteiger partial charge in [-0.3, -0.25) is 14.5 Å². The van der Waals surface area contributed by atoms with Gasteiger partial charge in [0, 0.05) is 31.4 Å². The molecule has 0 fully saturated rings. The summed E-state index contributed by atoms with van der Waals surface area (Å²) in [6.45, 7) is 4.77. The maximum absolute atomic E-state index is 11.8. The molecule has 0 aliphatic rings. The highest BCUT2D eigenvalue weighted by Crippen LogP contribution is 2.18. The molecule has 0 aliphatic heterocycles. The summed E-state index contributed by atoms with van der Waals surface area (Å²) < 4.78 is 1.73. The predicted octanol–water partition coefficient (Wildman–Crippen LogP) is 0.609. The first-order chi connectivity index (χ1) is 10.3. The summed E-state index contributed by atoms with van der Waals surface area (Å²) in [5.41, 5.74) is 0.307. The van der Waals surface area contributed by atoms with Crippen molar-refractivity contribution in [1.82, 2.24) is 9.47 Å². The van der Waals surface area contributed by atoms with Crippen molar-refractivity contribution in [3.63, 3.8) is 0 Å². The number of aliphatic hydroxyl groups is 1. The molecule has 0 aromatic carbocycles. The Labute approximate surface area is 129 Å². The van der Waals surface area contributed by atoms with E-state index in [1.807, 2.05) is 13.8 Å². The molecular weight excluding hydrogens is 288 g/mol. The molecule has 3 N–H and O–H groups in total. The van der Waals surface area contributed by atoms with Crippen molar-refractivity contribution in [3.05, 3.63) is 27.7 Å². The van der Waals surface area contributed by atoms with E-state index in [2.05, 4.69) is 0 Å². The normalized spacial score (nSPS) is 11.4. The average Bonchev–Trinajstić information content (AvgIpc) is 2.43. The van der Waals surface area contributed by atoms with Crippen molar-refractivity contribution in [2.24, 2.45) is 5.92 Å². The zero-order chi connectivity index (χ0) is 16.9. The van der Waals surface area contributed by atoms with Crippen LogP contribution in [0, 0.1) is 5.92 Å². The number of aromatic hydroxyl groups is 1. The highest BCUT2D eigenvalue weighted by Gasteiger charge is 2.17. The number of rotatable bonds is 8. The smallest absolute Gasteiger partial charge is 0.304 e. The molecule has 1 heterocycles. The number of pyridine rings is 1. The van der Waals surface area contributed by atoms with Gasteiger partial charge in [0.1, 0.15) is 0 Å². The first-order valence-corrected chi connectivity index (χ1v) is 7.22. The molecule has 0 saturated heterocycles. The Balaban J connectivity index is 3.16. The SMILES string of the molecule is CC(C)Cn1c(CO)cc(=O)c(O)c1CN(C)CCC(=O)O. The van der Waals surface area contributed by atoms with Crippen LogP contribution in [0.15, 0.2) is 10.9 Å². The molecule has 0 radical (unpaired) electrons. The van der Waals surface area contributed by atoms with Crippen LogP contribution in [0.25, 0.3) is 0 Å². The zero-order valence-electron chi connectivity index (χ0n) is 13.2. The molecule has 0 spiro atoms. The topological polar surface area (TPSA) is 103 Å². The van der Waals surface area contributed by atoms with Crippen LogP contribution in [-0.4, -0.2) is 44.3 Å². The van der Waals surface area contributed by atoms with Gasteiger partial charge in [0.25, 0.3) is 0 Å². The molecule has 1 rings (SSSR count). The lowest BCUT2D eigenvalue weighted by Crippen LogP contribution is -2.27. The molecule has 0 saturated carbocycles. The number of carboxylic acids is 1. The molecule has 124 valence electrons. The van der Waals surface area contributed by atoms with Crippen LogP contribution in [0.1, 0.15) is 31.7 Å². The van der Waals surface area contributed by atoms with E-state index in [4.69, 9.17) is 5.11 Å². The second-order valence-electron chi connectivity index (χ2n) is 5.84. The van der Waals surface area contributed by atoms with E-state index in [-0.39, 0.29) is 31.2 Å². The Kier molecular flexibility index (Phi) is 6.58. The van der Waals surface area contributed by atoms with Crippen LogP contribution in [0.3, 0.4) is 0 Å². The Bertz CT molecular complexity index is 580. The number of nitrogens with zero attached hydrogens (tertiary/aromatic N) is 2. The third-order valence-corrected chi connectivity index (χ3v) is 3.31. The van der Waals surface area contributed by atoms with E-state index < -0.39 is 11.4 Å². The molecule has 7 heteroatoms. The van der Waals surface area contributed by atoms with Gasteiger partial charge >= 0.3 is 5.97 Å². The fraction of sp³-hybridized carbons (Fsp3) is 0.600. The summed E-state index contributed by atoms with van der Waals surface area (Å²) >= 11 is 0. The lowest BCUT2D eigenvalue weighted by molar-refractivity contribution is -0.137. The number of carbonyl (C=O) groups is 1. The third kappa shape index (κ3) is 4.85.